The zero-order chi connectivity index (χ0) is 34.1. The Labute approximate surface area is 274 Å². The minimum Gasteiger partial charge on any atom is -0.364 e. The number of primary amides is 2. The van der Waals surface area contributed by atoms with Crippen LogP contribution in [-0.2, 0) is 50.9 Å². The highest BCUT2D eigenvalue weighted by Crippen LogP contribution is 2.61. The molecule has 4 aliphatic heterocycles. The van der Waals surface area contributed by atoms with Crippen LogP contribution in [0.4, 0.5) is 0 Å². The summed E-state index contributed by atoms with van der Waals surface area (Å²) in [5.74, 6) is -3.57. The van der Waals surface area contributed by atoms with Crippen LogP contribution in [0.15, 0.2) is 10.8 Å². The molecule has 6 rings (SSSR count). The van der Waals surface area contributed by atoms with Crippen LogP contribution in [0, 0.1) is 0 Å². The first kappa shape index (κ1) is 35.1. The molecule has 10 atom stereocenters. The minimum atomic E-state index is -5.24. The predicted molar refractivity (Wildman–Crippen MR) is 157 cm³/mol. The fourth-order valence-corrected chi connectivity index (χ4v) is 9.45. The van der Waals surface area contributed by atoms with Gasteiger partial charge in [-0.3, -0.25) is 18.6 Å². The van der Waals surface area contributed by atoms with Gasteiger partial charge in [-0.25, -0.2) is 19.1 Å². The van der Waals surface area contributed by atoms with Gasteiger partial charge in [0.25, 0.3) is 11.8 Å². The molecule has 6 heterocycles. The maximum absolute atomic E-state index is 12.8. The van der Waals surface area contributed by atoms with Crippen molar-refractivity contribution in [3.05, 3.63) is 32.2 Å². The number of phosphoric acid groups is 2. The number of hydrogen-bond acceptors (Lipinski definition) is 17. The number of fused-ring (bicyclic) bond motifs is 2. The van der Waals surface area contributed by atoms with Crippen molar-refractivity contribution in [1.29, 1.82) is 0 Å². The smallest absolute Gasteiger partial charge is 0.364 e. The third-order valence-corrected chi connectivity index (χ3v) is 11.8. The molecule has 2 aromatic heterocycles. The van der Waals surface area contributed by atoms with Crippen molar-refractivity contribution < 1.29 is 70.3 Å². The lowest BCUT2D eigenvalue weighted by atomic mass is 10.1. The Kier molecular flexibility index (Phi) is 9.34. The first-order valence-electron chi connectivity index (χ1n) is 14.0. The van der Waals surface area contributed by atoms with E-state index in [1.54, 1.807) is 27.7 Å². The Morgan fingerprint density at radius 2 is 1.13 bits per heavy atom. The highest BCUT2D eigenvalue weighted by atomic mass is 32.1. The molecular weight excluding hydrogens is 710 g/mol. The Morgan fingerprint density at radius 3 is 1.47 bits per heavy atom. The zero-order valence-corrected chi connectivity index (χ0v) is 28.6. The van der Waals surface area contributed by atoms with E-state index < -0.39 is 101 Å². The summed E-state index contributed by atoms with van der Waals surface area (Å²) in [6.45, 7) is 5.39. The van der Waals surface area contributed by atoms with Gasteiger partial charge in [0.2, 0.25) is 0 Å². The molecule has 23 heteroatoms. The van der Waals surface area contributed by atoms with Crippen LogP contribution >= 0.6 is 38.3 Å². The van der Waals surface area contributed by atoms with E-state index in [9.17, 15) is 28.5 Å². The fourth-order valence-electron chi connectivity index (χ4n) is 5.61. The molecule has 6 N–H and O–H groups in total. The van der Waals surface area contributed by atoms with E-state index in [1.807, 2.05) is 0 Å². The van der Waals surface area contributed by atoms with Gasteiger partial charge >= 0.3 is 15.6 Å². The maximum Gasteiger partial charge on any atom is 0.481 e. The zero-order valence-electron chi connectivity index (χ0n) is 25.1. The van der Waals surface area contributed by atoms with Gasteiger partial charge in [-0.15, -0.1) is 22.7 Å². The SMILES string of the molecule is CC1(C)O[C@@H]2[C@H](O1)[C@@H](COP(=O)(O)OP(=O)(O)OC[C@H]1O[C@@H](c3nc(C(N)=O)cs3)[C@@H]3OC(C)(C)O[C@@H]31)O[C@H]2c1nc(C(N)=O)cs1. The molecule has 2 aromatic rings. The summed E-state index contributed by atoms with van der Waals surface area (Å²) < 4.78 is 75.8. The standard InChI is InChI=1S/C24H32N4O15P2S2/c1-23(2)39-13-11(37-17(15(13)41-23)21-27-9(7-46-21)19(25)29)5-35-44(31,32)43-45(33,34)36-6-12-14-16(42-24(3,4)40-14)18(38-12)22-28-10(8-47-22)20(26)30/h7-8,11-18H,5-6H2,1-4H3,(H2,25,29)(H2,26,30)(H,31,32)(H,33,34)/t11-,12-,13-,14-,15-,16-,17-,18-/m1/s1. The van der Waals surface area contributed by atoms with Gasteiger partial charge in [0.05, 0.1) is 13.2 Å². The van der Waals surface area contributed by atoms with Crippen LogP contribution in [0.2, 0.25) is 0 Å². The molecule has 0 saturated carbocycles. The second-order valence-corrected chi connectivity index (χ2v) is 16.6. The largest absolute Gasteiger partial charge is 0.481 e. The van der Waals surface area contributed by atoms with Gasteiger partial charge in [0.1, 0.15) is 70.2 Å². The van der Waals surface area contributed by atoms with Crippen LogP contribution in [0.3, 0.4) is 0 Å². The van der Waals surface area contributed by atoms with Crippen LogP contribution in [0.1, 0.15) is 70.9 Å². The van der Waals surface area contributed by atoms with Crippen LogP contribution < -0.4 is 11.5 Å². The van der Waals surface area contributed by atoms with Gasteiger partial charge in [0, 0.05) is 10.8 Å². The number of phosphoric ester groups is 2. The molecule has 260 valence electrons. The molecule has 0 aromatic carbocycles. The molecule has 0 bridgehead atoms. The van der Waals surface area contributed by atoms with E-state index in [4.69, 9.17) is 48.9 Å². The molecule has 4 fully saturated rings. The van der Waals surface area contributed by atoms with Gasteiger partial charge in [0.15, 0.2) is 11.6 Å². The van der Waals surface area contributed by atoms with Gasteiger partial charge in [-0.2, -0.15) is 4.31 Å². The molecule has 2 amide bonds. The molecule has 2 unspecified atom stereocenters. The van der Waals surface area contributed by atoms with Crippen molar-refractivity contribution in [2.24, 2.45) is 11.5 Å². The molecule has 0 radical (unpaired) electrons. The monoisotopic (exact) mass is 742 g/mol. The average Bonchev–Trinajstić information content (AvgIpc) is 3.76. The van der Waals surface area contributed by atoms with Gasteiger partial charge in [-0.1, -0.05) is 0 Å². The summed E-state index contributed by atoms with van der Waals surface area (Å²) >= 11 is 2.21. The number of nitrogens with zero attached hydrogens (tertiary/aromatic N) is 2. The average molecular weight is 743 g/mol. The number of nitrogens with two attached hydrogens (primary N) is 2. The van der Waals surface area contributed by atoms with Crippen LogP contribution in [0.5, 0.6) is 0 Å². The van der Waals surface area contributed by atoms with E-state index in [-0.39, 0.29) is 11.4 Å². The number of carbonyl (C=O) groups is 2. The summed E-state index contributed by atoms with van der Waals surface area (Å²) in [5.41, 5.74) is 10.7. The molecule has 0 spiro atoms. The summed E-state index contributed by atoms with van der Waals surface area (Å²) in [4.78, 5) is 52.1. The van der Waals surface area contributed by atoms with E-state index in [1.165, 1.54) is 10.8 Å². The van der Waals surface area contributed by atoms with Crippen molar-refractivity contribution in [2.45, 2.75) is 88.1 Å². The summed E-state index contributed by atoms with van der Waals surface area (Å²) in [6, 6.07) is 0. The number of ether oxygens (including phenoxy) is 6. The van der Waals surface area contributed by atoms with Crippen LogP contribution in [0.25, 0.3) is 0 Å². The quantitative estimate of drug-likeness (QED) is 0.225. The van der Waals surface area contributed by atoms with E-state index in [2.05, 4.69) is 14.3 Å². The number of amides is 2. The summed E-state index contributed by atoms with van der Waals surface area (Å²) in [7, 11) is -10.5. The number of rotatable bonds is 12. The van der Waals surface area contributed by atoms with E-state index in [0.717, 1.165) is 22.7 Å². The van der Waals surface area contributed by atoms with Crippen molar-refractivity contribution in [3.63, 3.8) is 0 Å². The second-order valence-electron chi connectivity index (χ2n) is 11.8. The normalized spacial score (nSPS) is 34.9. The maximum atomic E-state index is 12.8. The molecule has 19 nitrogen and oxygen atoms in total. The number of hydrogen-bond donors (Lipinski definition) is 4. The van der Waals surface area contributed by atoms with Crippen molar-refractivity contribution >= 4 is 50.1 Å². The van der Waals surface area contributed by atoms with Crippen molar-refractivity contribution in [2.75, 3.05) is 13.2 Å². The van der Waals surface area contributed by atoms with E-state index >= 15 is 0 Å². The molecule has 4 aliphatic rings. The minimum absolute atomic E-state index is 0.0279. The number of carbonyl (C=O) groups excluding carboxylic acids is 2. The first-order valence-corrected chi connectivity index (χ1v) is 18.8. The summed E-state index contributed by atoms with van der Waals surface area (Å²) in [5, 5.41) is 3.63. The third kappa shape index (κ3) is 7.54. The van der Waals surface area contributed by atoms with Gasteiger partial charge in [-0.05, 0) is 27.7 Å². The number of thiazole rings is 2. The Bertz CT molecular complexity index is 1520. The second kappa shape index (κ2) is 12.5. The highest BCUT2D eigenvalue weighted by molar-refractivity contribution is 7.61. The fraction of sp³-hybridized carbons (Fsp3) is 0.667. The Morgan fingerprint density at radius 1 is 0.766 bits per heavy atom. The third-order valence-electron chi connectivity index (χ3n) is 7.35. The Hall–Kier alpha value is -1.78. The van der Waals surface area contributed by atoms with E-state index in [0.29, 0.717) is 10.0 Å². The van der Waals surface area contributed by atoms with Crippen LogP contribution in [-0.4, -0.2) is 93.0 Å². The lowest BCUT2D eigenvalue weighted by molar-refractivity contribution is -0.190. The number of aromatic nitrogens is 2. The Balaban J connectivity index is 1.07. The molecule has 4 saturated heterocycles. The van der Waals surface area contributed by atoms with Gasteiger partial charge < -0.3 is 49.7 Å². The lowest BCUT2D eigenvalue weighted by Crippen LogP contribution is -2.33. The first-order chi connectivity index (χ1) is 21.8. The highest BCUT2D eigenvalue weighted by Gasteiger charge is 2.58. The van der Waals surface area contributed by atoms with Crippen molar-refractivity contribution in [1.82, 2.24) is 9.97 Å². The molecule has 0 aliphatic carbocycles. The lowest BCUT2D eigenvalue weighted by Gasteiger charge is -2.25. The topological polar surface area (TPSA) is 270 Å². The predicted octanol–water partition coefficient (Wildman–Crippen LogP) is 1.67. The molecular formula is C24H32N4O15P2S2. The van der Waals surface area contributed by atoms with Crippen molar-refractivity contribution in [3.8, 4) is 0 Å². The molecule has 47 heavy (non-hydrogen) atoms. The summed E-state index contributed by atoms with van der Waals surface area (Å²) in [6.07, 6.45) is -6.76.